The molecule has 20 heavy (non-hydrogen) atoms. The third-order valence-corrected chi connectivity index (χ3v) is 6.90. The summed E-state index contributed by atoms with van der Waals surface area (Å²) in [5.41, 5.74) is 1.78. The first-order valence-electron chi connectivity index (χ1n) is 8.52. The molecule has 3 rings (SSSR count). The molecule has 0 saturated heterocycles. The molecule has 2 N–H and O–H groups in total. The van der Waals surface area contributed by atoms with Crippen molar-refractivity contribution in [3.8, 4) is 0 Å². The van der Waals surface area contributed by atoms with E-state index < -0.39 is 0 Å². The highest BCUT2D eigenvalue weighted by Gasteiger charge is 2.49. The molecule has 4 atom stereocenters. The van der Waals surface area contributed by atoms with Crippen molar-refractivity contribution in [2.24, 2.45) is 29.1 Å². The fourth-order valence-electron chi connectivity index (χ4n) is 5.60. The van der Waals surface area contributed by atoms with Crippen molar-refractivity contribution in [3.63, 3.8) is 0 Å². The summed E-state index contributed by atoms with van der Waals surface area (Å²) in [6.07, 6.45) is 9.02. The maximum Gasteiger partial charge on any atom is 0.0540 e. The van der Waals surface area contributed by atoms with E-state index in [-0.39, 0.29) is 6.10 Å². The standard InChI is InChI=1S/C18H30O2/c1-12-3-4-15-14(12)5-6-17(16(15)11-19)18(2)9-7-13(20)8-10-18/h13-17,19-20H,1,3-11H2,2H3/t13-,14?,15?,16-,17?,18-/m0/s1. The van der Waals surface area contributed by atoms with Gasteiger partial charge >= 0.3 is 0 Å². The lowest BCUT2D eigenvalue weighted by Crippen LogP contribution is -2.45. The molecule has 0 bridgehead atoms. The molecule has 114 valence electrons. The molecule has 3 aliphatic rings. The van der Waals surface area contributed by atoms with Crippen molar-refractivity contribution in [1.82, 2.24) is 0 Å². The van der Waals surface area contributed by atoms with Crippen LogP contribution in [0.15, 0.2) is 12.2 Å². The molecule has 3 unspecified atom stereocenters. The van der Waals surface area contributed by atoms with Gasteiger partial charge in [-0.25, -0.2) is 0 Å². The van der Waals surface area contributed by atoms with Crippen LogP contribution in [-0.4, -0.2) is 22.9 Å². The van der Waals surface area contributed by atoms with Gasteiger partial charge in [0.15, 0.2) is 0 Å². The van der Waals surface area contributed by atoms with E-state index >= 15 is 0 Å². The van der Waals surface area contributed by atoms with Crippen molar-refractivity contribution in [2.75, 3.05) is 6.61 Å². The summed E-state index contributed by atoms with van der Waals surface area (Å²) < 4.78 is 0. The topological polar surface area (TPSA) is 40.5 Å². The molecule has 0 amide bonds. The smallest absolute Gasteiger partial charge is 0.0540 e. The average Bonchev–Trinajstić information content (AvgIpc) is 2.83. The first-order chi connectivity index (χ1) is 9.55. The lowest BCUT2D eigenvalue weighted by atomic mass is 9.55. The Hall–Kier alpha value is -0.340. The van der Waals surface area contributed by atoms with Crippen LogP contribution in [-0.2, 0) is 0 Å². The molecule has 0 aromatic carbocycles. The minimum absolute atomic E-state index is 0.0850. The van der Waals surface area contributed by atoms with E-state index in [1.165, 1.54) is 31.3 Å². The van der Waals surface area contributed by atoms with Crippen molar-refractivity contribution >= 4 is 0 Å². The first-order valence-corrected chi connectivity index (χ1v) is 8.52. The summed E-state index contributed by atoms with van der Waals surface area (Å²) in [4.78, 5) is 0. The summed E-state index contributed by atoms with van der Waals surface area (Å²) in [7, 11) is 0. The molecular weight excluding hydrogens is 248 g/mol. The van der Waals surface area contributed by atoms with E-state index in [2.05, 4.69) is 13.5 Å². The van der Waals surface area contributed by atoms with Gasteiger partial charge in [0.2, 0.25) is 0 Å². The largest absolute Gasteiger partial charge is 0.396 e. The zero-order valence-electron chi connectivity index (χ0n) is 12.9. The second kappa shape index (κ2) is 5.46. The molecule has 2 heteroatoms. The molecule has 0 heterocycles. The van der Waals surface area contributed by atoms with Crippen molar-refractivity contribution in [3.05, 3.63) is 12.2 Å². The van der Waals surface area contributed by atoms with Crippen molar-refractivity contribution in [1.29, 1.82) is 0 Å². The van der Waals surface area contributed by atoms with E-state index in [1.54, 1.807) is 0 Å². The maximum absolute atomic E-state index is 10.0. The third-order valence-electron chi connectivity index (χ3n) is 6.90. The highest BCUT2D eigenvalue weighted by Crippen LogP contribution is 2.57. The lowest BCUT2D eigenvalue weighted by Gasteiger charge is -2.50. The highest BCUT2D eigenvalue weighted by molar-refractivity contribution is 5.13. The number of hydrogen-bond donors (Lipinski definition) is 2. The van der Waals surface area contributed by atoms with Crippen LogP contribution in [0.4, 0.5) is 0 Å². The molecular formula is C18H30O2. The molecule has 0 aromatic heterocycles. The Bertz CT molecular complexity index is 368. The molecule has 3 fully saturated rings. The van der Waals surface area contributed by atoms with Crippen LogP contribution in [0, 0.1) is 29.1 Å². The fraction of sp³-hybridized carbons (Fsp3) is 0.889. The SMILES string of the molecule is C=C1CCC2C1CCC([C@]1(C)CC[C@@H](O)CC1)[C@H]2CO. The third kappa shape index (κ3) is 2.35. The number of allylic oxidation sites excluding steroid dienone is 1. The molecule has 3 aliphatic carbocycles. The Labute approximate surface area is 123 Å². The lowest BCUT2D eigenvalue weighted by molar-refractivity contribution is -0.0441. The molecule has 2 nitrogen and oxygen atoms in total. The highest BCUT2D eigenvalue weighted by atomic mass is 16.3. The van der Waals surface area contributed by atoms with Gasteiger partial charge < -0.3 is 10.2 Å². The van der Waals surface area contributed by atoms with Gasteiger partial charge in [0.05, 0.1) is 6.10 Å². The van der Waals surface area contributed by atoms with Crippen LogP contribution in [0.25, 0.3) is 0 Å². The predicted molar refractivity (Wildman–Crippen MR) is 81.2 cm³/mol. The predicted octanol–water partition coefficient (Wildman–Crippen LogP) is 3.53. The van der Waals surface area contributed by atoms with Gasteiger partial charge in [0.1, 0.15) is 0 Å². The van der Waals surface area contributed by atoms with E-state index in [4.69, 9.17) is 0 Å². The summed E-state index contributed by atoms with van der Waals surface area (Å²) >= 11 is 0. The van der Waals surface area contributed by atoms with Gasteiger partial charge in [0, 0.05) is 6.61 Å². The van der Waals surface area contributed by atoms with E-state index in [0.29, 0.717) is 35.7 Å². The van der Waals surface area contributed by atoms with Crippen LogP contribution in [0.1, 0.15) is 58.3 Å². The maximum atomic E-state index is 10.0. The normalized spacial score (nSPS) is 49.1. The quantitative estimate of drug-likeness (QED) is 0.759. The van der Waals surface area contributed by atoms with Crippen LogP contribution in [0.2, 0.25) is 0 Å². The molecule has 0 aliphatic heterocycles. The Kier molecular flexibility index (Phi) is 3.98. The Morgan fingerprint density at radius 3 is 2.50 bits per heavy atom. The molecule has 0 aromatic rings. The van der Waals surface area contributed by atoms with Crippen LogP contribution in [0.5, 0.6) is 0 Å². The van der Waals surface area contributed by atoms with E-state index in [9.17, 15) is 10.2 Å². The van der Waals surface area contributed by atoms with Crippen molar-refractivity contribution < 1.29 is 10.2 Å². The molecule has 0 radical (unpaired) electrons. The summed E-state index contributed by atoms with van der Waals surface area (Å²) in [5, 5.41) is 19.8. The first kappa shape index (κ1) is 14.6. The number of fused-ring (bicyclic) bond motifs is 1. The number of hydrogen-bond acceptors (Lipinski definition) is 2. The van der Waals surface area contributed by atoms with E-state index in [1.807, 2.05) is 0 Å². The number of aliphatic hydroxyl groups is 2. The Morgan fingerprint density at radius 1 is 1.15 bits per heavy atom. The zero-order valence-corrected chi connectivity index (χ0v) is 12.9. The average molecular weight is 278 g/mol. The van der Waals surface area contributed by atoms with Gasteiger partial charge in [-0.05, 0) is 80.5 Å². The van der Waals surface area contributed by atoms with E-state index in [0.717, 1.165) is 25.7 Å². The molecule has 3 saturated carbocycles. The van der Waals surface area contributed by atoms with Crippen LogP contribution >= 0.6 is 0 Å². The summed E-state index contributed by atoms with van der Waals surface area (Å²) in [5.74, 6) is 2.47. The van der Waals surface area contributed by atoms with Crippen LogP contribution < -0.4 is 0 Å². The minimum Gasteiger partial charge on any atom is -0.396 e. The molecule has 0 spiro atoms. The van der Waals surface area contributed by atoms with Gasteiger partial charge in [-0.3, -0.25) is 0 Å². The Morgan fingerprint density at radius 2 is 1.85 bits per heavy atom. The van der Waals surface area contributed by atoms with Gasteiger partial charge in [-0.1, -0.05) is 19.1 Å². The minimum atomic E-state index is -0.0850. The second-order valence-electron chi connectivity index (χ2n) is 7.88. The van der Waals surface area contributed by atoms with Gasteiger partial charge in [-0.15, -0.1) is 0 Å². The van der Waals surface area contributed by atoms with Gasteiger partial charge in [0.25, 0.3) is 0 Å². The van der Waals surface area contributed by atoms with Gasteiger partial charge in [-0.2, -0.15) is 0 Å². The number of rotatable bonds is 2. The fourth-order valence-corrected chi connectivity index (χ4v) is 5.60. The zero-order chi connectivity index (χ0) is 14.3. The number of aliphatic hydroxyl groups excluding tert-OH is 2. The monoisotopic (exact) mass is 278 g/mol. The van der Waals surface area contributed by atoms with Crippen LogP contribution in [0.3, 0.4) is 0 Å². The summed E-state index contributed by atoms with van der Waals surface area (Å²) in [6.45, 7) is 7.01. The second-order valence-corrected chi connectivity index (χ2v) is 7.88. The summed E-state index contributed by atoms with van der Waals surface area (Å²) in [6, 6.07) is 0. The Balaban J connectivity index is 1.78. The van der Waals surface area contributed by atoms with Crippen molar-refractivity contribution in [2.45, 2.75) is 64.4 Å².